The van der Waals surface area contributed by atoms with Crippen LogP contribution in [-0.4, -0.2) is 45.5 Å². The molecule has 0 bridgehead atoms. The van der Waals surface area contributed by atoms with Gasteiger partial charge in [-0.1, -0.05) is 11.6 Å². The van der Waals surface area contributed by atoms with Crippen LogP contribution in [0.5, 0.6) is 5.75 Å². The van der Waals surface area contributed by atoms with E-state index >= 15 is 0 Å². The van der Waals surface area contributed by atoms with Crippen molar-refractivity contribution >= 4 is 21.6 Å². The molecule has 0 saturated carbocycles. The second-order valence-corrected chi connectivity index (χ2v) is 8.80. The predicted octanol–water partition coefficient (Wildman–Crippen LogP) is 2.28. The number of benzene rings is 1. The molecule has 2 aliphatic rings. The van der Waals surface area contributed by atoms with Gasteiger partial charge < -0.3 is 10.1 Å². The van der Waals surface area contributed by atoms with Gasteiger partial charge in [-0.15, -0.1) is 0 Å². The summed E-state index contributed by atoms with van der Waals surface area (Å²) >= 11 is 6.25. The number of hydrogen-bond acceptors (Lipinski definition) is 4. The van der Waals surface area contributed by atoms with Crippen LogP contribution in [0.2, 0.25) is 5.02 Å². The van der Waals surface area contributed by atoms with Gasteiger partial charge in [0.2, 0.25) is 10.0 Å². The van der Waals surface area contributed by atoms with Crippen molar-refractivity contribution in [3.8, 4) is 5.75 Å². The van der Waals surface area contributed by atoms with E-state index in [1.165, 1.54) is 6.07 Å². The van der Waals surface area contributed by atoms with E-state index in [4.69, 9.17) is 16.3 Å². The van der Waals surface area contributed by atoms with E-state index < -0.39 is 10.0 Å². The summed E-state index contributed by atoms with van der Waals surface area (Å²) in [5.74, 6) is 0.988. The number of hydrogen-bond donors (Lipinski definition) is 1. The first kappa shape index (κ1) is 17.0. The van der Waals surface area contributed by atoms with Gasteiger partial charge in [-0.05, 0) is 51.4 Å². The molecule has 0 aliphatic carbocycles. The molecule has 1 aromatic rings. The lowest BCUT2D eigenvalue weighted by Crippen LogP contribution is -2.42. The van der Waals surface area contributed by atoms with Crippen LogP contribution in [0, 0.1) is 5.92 Å². The van der Waals surface area contributed by atoms with Crippen molar-refractivity contribution in [2.24, 2.45) is 5.92 Å². The average Bonchev–Trinajstić information content (AvgIpc) is 2.89. The molecule has 0 spiro atoms. The Labute approximate surface area is 143 Å². The molecule has 5 nitrogen and oxygen atoms in total. The van der Waals surface area contributed by atoms with Gasteiger partial charge in [0.15, 0.2) is 0 Å². The van der Waals surface area contributed by atoms with Gasteiger partial charge in [0.25, 0.3) is 0 Å². The topological polar surface area (TPSA) is 58.6 Å². The Hall–Kier alpha value is -0.820. The van der Waals surface area contributed by atoms with Crippen molar-refractivity contribution in [1.82, 2.24) is 9.62 Å². The molecule has 2 heterocycles. The van der Waals surface area contributed by atoms with E-state index in [1.54, 1.807) is 10.4 Å². The van der Waals surface area contributed by atoms with Crippen molar-refractivity contribution in [2.45, 2.75) is 37.2 Å². The lowest BCUT2D eigenvalue weighted by atomic mass is 10.00. The van der Waals surface area contributed by atoms with Gasteiger partial charge in [0.1, 0.15) is 11.9 Å². The van der Waals surface area contributed by atoms with Crippen LogP contribution in [0.4, 0.5) is 0 Å². The molecule has 2 atom stereocenters. The summed E-state index contributed by atoms with van der Waals surface area (Å²) in [6.45, 7) is 3.93. The Morgan fingerprint density at radius 1 is 1.43 bits per heavy atom. The second-order valence-electron chi connectivity index (χ2n) is 6.45. The van der Waals surface area contributed by atoms with E-state index in [1.807, 2.05) is 14.0 Å². The van der Waals surface area contributed by atoms with E-state index in [0.717, 1.165) is 24.9 Å². The Morgan fingerprint density at radius 3 is 2.96 bits per heavy atom. The maximum absolute atomic E-state index is 13.0. The SMILES string of the molecule is CNCC1CCCN(S(=O)(=O)c2cc(Cl)c3c(c2)CC(C)O3)C1. The van der Waals surface area contributed by atoms with Crippen molar-refractivity contribution in [3.05, 3.63) is 22.7 Å². The van der Waals surface area contributed by atoms with E-state index in [0.29, 0.717) is 36.2 Å². The Bertz CT molecular complexity index is 691. The minimum Gasteiger partial charge on any atom is -0.489 e. The number of halogens is 1. The maximum atomic E-state index is 13.0. The zero-order valence-electron chi connectivity index (χ0n) is 13.5. The summed E-state index contributed by atoms with van der Waals surface area (Å²) in [6.07, 6.45) is 2.68. The summed E-state index contributed by atoms with van der Waals surface area (Å²) in [5, 5.41) is 3.52. The van der Waals surface area contributed by atoms with Gasteiger partial charge in [-0.3, -0.25) is 0 Å². The summed E-state index contributed by atoms with van der Waals surface area (Å²) < 4.78 is 33.2. The molecular weight excluding hydrogens is 336 g/mol. The molecule has 1 fully saturated rings. The molecule has 0 amide bonds. The third-order valence-corrected chi connectivity index (χ3v) is 6.66. The van der Waals surface area contributed by atoms with Crippen LogP contribution >= 0.6 is 11.6 Å². The first-order valence-electron chi connectivity index (χ1n) is 8.05. The second kappa shape index (κ2) is 6.59. The largest absolute Gasteiger partial charge is 0.489 e. The van der Waals surface area contributed by atoms with E-state index in [2.05, 4.69) is 5.32 Å². The fourth-order valence-electron chi connectivity index (χ4n) is 3.46. The van der Waals surface area contributed by atoms with Gasteiger partial charge in [-0.25, -0.2) is 8.42 Å². The lowest BCUT2D eigenvalue weighted by Gasteiger charge is -2.32. The van der Waals surface area contributed by atoms with Crippen LogP contribution < -0.4 is 10.1 Å². The fraction of sp³-hybridized carbons (Fsp3) is 0.625. The molecule has 0 radical (unpaired) electrons. The Balaban J connectivity index is 1.88. The first-order chi connectivity index (χ1) is 10.9. The molecule has 3 rings (SSSR count). The number of fused-ring (bicyclic) bond motifs is 1. The van der Waals surface area contributed by atoms with Crippen molar-refractivity contribution in [3.63, 3.8) is 0 Å². The molecule has 1 saturated heterocycles. The summed E-state index contributed by atoms with van der Waals surface area (Å²) in [6, 6.07) is 3.25. The fourth-order valence-corrected chi connectivity index (χ4v) is 5.44. The smallest absolute Gasteiger partial charge is 0.243 e. The predicted molar refractivity (Wildman–Crippen MR) is 90.7 cm³/mol. The van der Waals surface area contributed by atoms with Crippen LogP contribution in [0.25, 0.3) is 0 Å². The van der Waals surface area contributed by atoms with Gasteiger partial charge in [-0.2, -0.15) is 4.31 Å². The standard InChI is InChI=1S/C16H23ClN2O3S/c1-11-6-13-7-14(8-15(17)16(13)22-11)23(20,21)19-5-3-4-12(10-19)9-18-2/h7-8,11-12,18H,3-6,9-10H2,1-2H3. The highest BCUT2D eigenvalue weighted by molar-refractivity contribution is 7.89. The molecule has 7 heteroatoms. The van der Waals surface area contributed by atoms with E-state index in [9.17, 15) is 8.42 Å². The first-order valence-corrected chi connectivity index (χ1v) is 9.87. The minimum atomic E-state index is -3.51. The number of piperidine rings is 1. The van der Waals surface area contributed by atoms with Gasteiger partial charge >= 0.3 is 0 Å². The third kappa shape index (κ3) is 3.36. The normalized spacial score (nSPS) is 25.2. The molecule has 23 heavy (non-hydrogen) atoms. The van der Waals surface area contributed by atoms with E-state index in [-0.39, 0.29) is 11.0 Å². The van der Waals surface area contributed by atoms with Crippen molar-refractivity contribution in [1.29, 1.82) is 0 Å². The van der Waals surface area contributed by atoms with Gasteiger partial charge in [0.05, 0.1) is 9.92 Å². The number of sulfonamides is 1. The number of rotatable bonds is 4. The molecule has 1 aromatic carbocycles. The van der Waals surface area contributed by atoms with Crippen molar-refractivity contribution in [2.75, 3.05) is 26.7 Å². The Kier molecular flexibility index (Phi) is 4.88. The average molecular weight is 359 g/mol. The molecule has 128 valence electrons. The Morgan fingerprint density at radius 2 is 2.22 bits per heavy atom. The van der Waals surface area contributed by atoms with Crippen LogP contribution in [0.15, 0.2) is 17.0 Å². The molecule has 2 unspecified atom stereocenters. The highest BCUT2D eigenvalue weighted by atomic mass is 35.5. The number of ether oxygens (including phenoxy) is 1. The van der Waals surface area contributed by atoms with Crippen molar-refractivity contribution < 1.29 is 13.2 Å². The number of nitrogens with zero attached hydrogens (tertiary/aromatic N) is 1. The highest BCUT2D eigenvalue weighted by Crippen LogP contribution is 2.38. The molecule has 0 aromatic heterocycles. The quantitative estimate of drug-likeness (QED) is 0.897. The monoisotopic (exact) mass is 358 g/mol. The highest BCUT2D eigenvalue weighted by Gasteiger charge is 2.32. The van der Waals surface area contributed by atoms with Gasteiger partial charge in [0, 0.05) is 25.1 Å². The molecule has 2 aliphatic heterocycles. The molecule has 1 N–H and O–H groups in total. The maximum Gasteiger partial charge on any atom is 0.243 e. The lowest BCUT2D eigenvalue weighted by molar-refractivity contribution is 0.255. The summed E-state index contributed by atoms with van der Waals surface area (Å²) in [7, 11) is -1.61. The third-order valence-electron chi connectivity index (χ3n) is 4.53. The van der Waals surface area contributed by atoms with Crippen LogP contribution in [0.3, 0.4) is 0 Å². The van der Waals surface area contributed by atoms with Crippen LogP contribution in [0.1, 0.15) is 25.3 Å². The number of nitrogens with one attached hydrogen (secondary N) is 1. The summed E-state index contributed by atoms with van der Waals surface area (Å²) in [5.41, 5.74) is 0.882. The minimum absolute atomic E-state index is 0.0375. The van der Waals surface area contributed by atoms with Crippen LogP contribution in [-0.2, 0) is 16.4 Å². The summed E-state index contributed by atoms with van der Waals surface area (Å²) in [4.78, 5) is 0.282. The zero-order chi connectivity index (χ0) is 16.6. The molecular formula is C16H23ClN2O3S. The zero-order valence-corrected chi connectivity index (χ0v) is 15.1.